The van der Waals surface area contributed by atoms with Crippen LogP contribution in [0.25, 0.3) is 10.9 Å². The van der Waals surface area contributed by atoms with Crippen molar-refractivity contribution in [1.29, 1.82) is 0 Å². The molecule has 2 N–H and O–H groups in total. The number of aromatic amines is 1. The van der Waals surface area contributed by atoms with Crippen LogP contribution in [0.4, 0.5) is 11.8 Å². The fourth-order valence-electron chi connectivity index (χ4n) is 3.74. The molecule has 9 heteroatoms. The van der Waals surface area contributed by atoms with E-state index in [4.69, 9.17) is 19.4 Å². The third-order valence-electron chi connectivity index (χ3n) is 5.68. The maximum Gasteiger partial charge on any atom is 0.277 e. The van der Waals surface area contributed by atoms with Gasteiger partial charge in [-0.2, -0.15) is 10.1 Å². The predicted octanol–water partition coefficient (Wildman–Crippen LogP) is 4.15. The molecule has 4 rings (SSSR count). The fraction of sp³-hybridized carbons (Fsp3) is 0.308. The number of benzene rings is 2. The standard InChI is InChI=1S/C26H30N6O3/c1-4-5-14-27-24-23-22(15-28-31-25(23)33)29-26(30-24)32(16-18-6-10-20(34-2)11-7-18)17-19-8-12-21(35-3)13-9-19/h6-13,15H,4-5,14,16-17H2,1-3H3,(H,31,33)(H,27,29,30). The van der Waals surface area contributed by atoms with Crippen molar-refractivity contribution < 1.29 is 9.47 Å². The molecular formula is C26H30N6O3. The smallest absolute Gasteiger partial charge is 0.277 e. The number of aromatic nitrogens is 4. The van der Waals surface area contributed by atoms with Crippen LogP contribution in [-0.4, -0.2) is 40.9 Å². The number of nitrogens with zero attached hydrogens (tertiary/aromatic N) is 4. The van der Waals surface area contributed by atoms with E-state index < -0.39 is 0 Å². The van der Waals surface area contributed by atoms with E-state index in [0.717, 1.165) is 35.5 Å². The van der Waals surface area contributed by atoms with Gasteiger partial charge < -0.3 is 19.7 Å². The van der Waals surface area contributed by atoms with Gasteiger partial charge in [-0.1, -0.05) is 37.6 Å². The van der Waals surface area contributed by atoms with Crippen molar-refractivity contribution in [3.05, 3.63) is 76.2 Å². The molecule has 2 aromatic heterocycles. The number of rotatable bonds is 11. The van der Waals surface area contributed by atoms with Gasteiger partial charge >= 0.3 is 0 Å². The summed E-state index contributed by atoms with van der Waals surface area (Å²) in [6.07, 6.45) is 3.55. The third-order valence-corrected chi connectivity index (χ3v) is 5.68. The fourth-order valence-corrected chi connectivity index (χ4v) is 3.74. The summed E-state index contributed by atoms with van der Waals surface area (Å²) in [5.74, 6) is 2.61. The molecule has 2 aromatic carbocycles. The van der Waals surface area contributed by atoms with Crippen LogP contribution in [0.5, 0.6) is 11.5 Å². The normalized spacial score (nSPS) is 10.8. The summed E-state index contributed by atoms with van der Waals surface area (Å²) in [7, 11) is 3.30. The van der Waals surface area contributed by atoms with Gasteiger partial charge in [-0.3, -0.25) is 4.79 Å². The van der Waals surface area contributed by atoms with Crippen molar-refractivity contribution >= 4 is 22.7 Å². The summed E-state index contributed by atoms with van der Waals surface area (Å²) in [6.45, 7) is 3.95. The van der Waals surface area contributed by atoms with E-state index in [-0.39, 0.29) is 5.56 Å². The average Bonchev–Trinajstić information content (AvgIpc) is 2.89. The molecule has 4 aromatic rings. The van der Waals surface area contributed by atoms with Crippen LogP contribution >= 0.6 is 0 Å². The van der Waals surface area contributed by atoms with Gasteiger partial charge in [-0.15, -0.1) is 0 Å². The zero-order valence-electron chi connectivity index (χ0n) is 20.2. The maximum absolute atomic E-state index is 12.5. The Hall–Kier alpha value is -4.14. The first-order valence-electron chi connectivity index (χ1n) is 11.6. The first-order chi connectivity index (χ1) is 17.1. The highest BCUT2D eigenvalue weighted by Crippen LogP contribution is 2.24. The molecule has 0 aliphatic heterocycles. The molecule has 0 atom stereocenters. The van der Waals surface area contributed by atoms with Crippen LogP contribution in [0.1, 0.15) is 30.9 Å². The molecule has 0 spiro atoms. The number of unbranched alkanes of at least 4 members (excludes halogenated alkanes) is 1. The highest BCUT2D eigenvalue weighted by atomic mass is 16.5. The molecule has 0 saturated carbocycles. The Kier molecular flexibility index (Phi) is 7.77. The zero-order chi connectivity index (χ0) is 24.6. The summed E-state index contributed by atoms with van der Waals surface area (Å²) in [5.41, 5.74) is 2.33. The zero-order valence-corrected chi connectivity index (χ0v) is 20.2. The minimum Gasteiger partial charge on any atom is -0.497 e. The van der Waals surface area contributed by atoms with Crippen LogP contribution in [0.15, 0.2) is 59.5 Å². The Bertz CT molecular complexity index is 1260. The summed E-state index contributed by atoms with van der Waals surface area (Å²) in [4.78, 5) is 24.1. The Morgan fingerprint density at radius 1 is 0.914 bits per heavy atom. The van der Waals surface area contributed by atoms with Gasteiger partial charge in [0.25, 0.3) is 5.56 Å². The Labute approximate surface area is 204 Å². The monoisotopic (exact) mass is 474 g/mol. The Morgan fingerprint density at radius 2 is 1.51 bits per heavy atom. The summed E-state index contributed by atoms with van der Waals surface area (Å²) >= 11 is 0. The Balaban J connectivity index is 1.75. The number of H-pyrrole nitrogens is 1. The lowest BCUT2D eigenvalue weighted by Crippen LogP contribution is -2.25. The first-order valence-corrected chi connectivity index (χ1v) is 11.6. The molecule has 182 valence electrons. The lowest BCUT2D eigenvalue weighted by Gasteiger charge is -2.24. The molecule has 0 radical (unpaired) electrons. The highest BCUT2D eigenvalue weighted by molar-refractivity contribution is 5.88. The molecule has 35 heavy (non-hydrogen) atoms. The van der Waals surface area contributed by atoms with E-state index in [9.17, 15) is 4.79 Å². The van der Waals surface area contributed by atoms with Crippen molar-refractivity contribution in [2.75, 3.05) is 31.0 Å². The molecule has 0 unspecified atom stereocenters. The predicted molar refractivity (Wildman–Crippen MR) is 137 cm³/mol. The van der Waals surface area contributed by atoms with Crippen molar-refractivity contribution in [1.82, 2.24) is 20.2 Å². The van der Waals surface area contributed by atoms with Crippen molar-refractivity contribution in [3.8, 4) is 11.5 Å². The second kappa shape index (κ2) is 11.3. The van der Waals surface area contributed by atoms with Crippen LogP contribution in [-0.2, 0) is 13.1 Å². The van der Waals surface area contributed by atoms with Crippen molar-refractivity contribution in [2.45, 2.75) is 32.9 Å². The minimum absolute atomic E-state index is 0.315. The topological polar surface area (TPSA) is 105 Å². The third kappa shape index (κ3) is 5.87. The van der Waals surface area contributed by atoms with Crippen LogP contribution in [0, 0.1) is 0 Å². The van der Waals surface area contributed by atoms with Gasteiger partial charge in [0.2, 0.25) is 5.95 Å². The highest BCUT2D eigenvalue weighted by Gasteiger charge is 2.17. The molecule has 0 saturated heterocycles. The number of ether oxygens (including phenoxy) is 2. The maximum atomic E-state index is 12.5. The van der Waals surface area contributed by atoms with E-state index in [1.165, 1.54) is 0 Å². The van der Waals surface area contributed by atoms with E-state index in [1.54, 1.807) is 20.4 Å². The number of hydrogen-bond donors (Lipinski definition) is 2. The lowest BCUT2D eigenvalue weighted by atomic mass is 10.1. The molecule has 0 aliphatic carbocycles. The molecule has 2 heterocycles. The summed E-state index contributed by atoms with van der Waals surface area (Å²) < 4.78 is 10.6. The number of nitrogens with one attached hydrogen (secondary N) is 2. The summed E-state index contributed by atoms with van der Waals surface area (Å²) in [6, 6.07) is 15.8. The lowest BCUT2D eigenvalue weighted by molar-refractivity contribution is 0.414. The number of methoxy groups -OCH3 is 2. The van der Waals surface area contributed by atoms with Crippen molar-refractivity contribution in [2.24, 2.45) is 0 Å². The second-order valence-corrected chi connectivity index (χ2v) is 8.16. The molecule has 0 bridgehead atoms. The largest absolute Gasteiger partial charge is 0.497 e. The number of fused-ring (bicyclic) bond motifs is 1. The SMILES string of the molecule is CCCCNc1nc(N(Cc2ccc(OC)cc2)Cc2ccc(OC)cc2)nc2cn[nH]c(=O)c12. The molecule has 0 amide bonds. The second-order valence-electron chi connectivity index (χ2n) is 8.16. The number of hydrogen-bond acceptors (Lipinski definition) is 8. The van der Waals surface area contributed by atoms with E-state index in [1.807, 2.05) is 48.5 Å². The quantitative estimate of drug-likeness (QED) is 0.312. The van der Waals surface area contributed by atoms with Crippen LogP contribution in [0.2, 0.25) is 0 Å². The molecule has 9 nitrogen and oxygen atoms in total. The van der Waals surface area contributed by atoms with E-state index in [0.29, 0.717) is 42.3 Å². The minimum atomic E-state index is -0.315. The van der Waals surface area contributed by atoms with E-state index in [2.05, 4.69) is 27.3 Å². The molecule has 0 aliphatic rings. The van der Waals surface area contributed by atoms with Gasteiger partial charge in [-0.25, -0.2) is 10.1 Å². The molecular weight excluding hydrogens is 444 g/mol. The van der Waals surface area contributed by atoms with Gasteiger partial charge in [0, 0.05) is 19.6 Å². The van der Waals surface area contributed by atoms with Gasteiger partial charge in [0.1, 0.15) is 28.2 Å². The van der Waals surface area contributed by atoms with Crippen LogP contribution < -0.4 is 25.2 Å². The van der Waals surface area contributed by atoms with Gasteiger partial charge in [-0.05, 0) is 41.8 Å². The average molecular weight is 475 g/mol. The summed E-state index contributed by atoms with van der Waals surface area (Å²) in [5, 5.41) is 10.2. The number of anilines is 2. The van der Waals surface area contributed by atoms with Gasteiger partial charge in [0.15, 0.2) is 0 Å². The van der Waals surface area contributed by atoms with Gasteiger partial charge in [0.05, 0.1) is 20.4 Å². The van der Waals surface area contributed by atoms with Crippen molar-refractivity contribution in [3.63, 3.8) is 0 Å². The van der Waals surface area contributed by atoms with Crippen LogP contribution in [0.3, 0.4) is 0 Å². The molecule has 0 fully saturated rings. The first kappa shape index (κ1) is 24.0. The van der Waals surface area contributed by atoms with E-state index >= 15 is 0 Å². The Morgan fingerprint density at radius 3 is 2.06 bits per heavy atom.